The molecule has 0 spiro atoms. The number of Topliss-reactive ketones (excluding diaryl/α,β-unsaturated/α-hetero) is 1. The summed E-state index contributed by atoms with van der Waals surface area (Å²) in [5.41, 5.74) is 2.27. The van der Waals surface area contributed by atoms with Crippen LogP contribution in [0.4, 0.5) is 5.69 Å². The molecule has 0 radical (unpaired) electrons. The van der Waals surface area contributed by atoms with Crippen molar-refractivity contribution in [2.45, 2.75) is 6.29 Å². The molecule has 10 nitrogen and oxygen atoms in total. The van der Waals surface area contributed by atoms with E-state index in [-0.39, 0.29) is 18.0 Å². The molecule has 1 N–H and O–H groups in total. The van der Waals surface area contributed by atoms with E-state index in [1.165, 1.54) is 7.11 Å². The number of anilines is 1. The molecule has 3 aromatic rings. The molecule has 0 aliphatic carbocycles. The Labute approximate surface area is 214 Å². The highest BCUT2D eigenvalue weighted by Crippen LogP contribution is 2.34. The van der Waals surface area contributed by atoms with Gasteiger partial charge >= 0.3 is 0 Å². The summed E-state index contributed by atoms with van der Waals surface area (Å²) in [6, 6.07) is 18.4. The summed E-state index contributed by atoms with van der Waals surface area (Å²) in [5.74, 6) is -0.337. The van der Waals surface area contributed by atoms with E-state index in [0.717, 1.165) is 5.69 Å². The maximum atomic E-state index is 13.7. The number of amides is 1. The van der Waals surface area contributed by atoms with Crippen molar-refractivity contribution in [1.82, 2.24) is 20.0 Å². The fraction of sp³-hybridized carbons (Fsp3) is 0.259. The van der Waals surface area contributed by atoms with Gasteiger partial charge in [-0.1, -0.05) is 42.5 Å². The summed E-state index contributed by atoms with van der Waals surface area (Å²) in [6.07, 6.45) is 4.59. The van der Waals surface area contributed by atoms with Crippen molar-refractivity contribution in [2.24, 2.45) is 4.99 Å². The average Bonchev–Trinajstić information content (AvgIpc) is 3.51. The molecule has 2 aliphatic rings. The predicted octanol–water partition coefficient (Wildman–Crippen LogP) is 2.24. The zero-order chi connectivity index (χ0) is 25.6. The van der Waals surface area contributed by atoms with Gasteiger partial charge in [0.1, 0.15) is 0 Å². The van der Waals surface area contributed by atoms with Crippen molar-refractivity contribution < 1.29 is 19.1 Å². The number of carbonyl (C=O) groups is 2. The van der Waals surface area contributed by atoms with Crippen molar-refractivity contribution in [3.8, 4) is 5.69 Å². The van der Waals surface area contributed by atoms with Gasteiger partial charge in [-0.15, -0.1) is 0 Å². The zero-order valence-corrected chi connectivity index (χ0v) is 20.5. The van der Waals surface area contributed by atoms with Crippen LogP contribution in [0.15, 0.2) is 89.5 Å². The molecule has 1 aromatic heterocycles. The lowest BCUT2D eigenvalue weighted by Gasteiger charge is -2.42. The number of carbonyl (C=O) groups excluding carboxylic acids is 2. The van der Waals surface area contributed by atoms with Crippen LogP contribution in [0.1, 0.15) is 10.4 Å². The standard InChI is InChI=1S/C27H28N6O4/c1-36-24-19-29-27(31-14-16-37-17-15-31)33(22-11-6-5-10-21(22)32-13-7-12-30-32)25(24)26(35)28-18-23(34)20-8-3-2-4-9-20/h2-13,19,27H,14-18H2,1H3,(H,28,35). The fourth-order valence-electron chi connectivity index (χ4n) is 4.42. The van der Waals surface area contributed by atoms with Crippen LogP contribution in [-0.2, 0) is 14.3 Å². The Hall–Kier alpha value is -4.28. The highest BCUT2D eigenvalue weighted by atomic mass is 16.5. The van der Waals surface area contributed by atoms with E-state index in [2.05, 4.69) is 15.3 Å². The number of ketones is 1. The summed E-state index contributed by atoms with van der Waals surface area (Å²) in [7, 11) is 1.50. The number of morpholine rings is 1. The lowest BCUT2D eigenvalue weighted by atomic mass is 10.1. The van der Waals surface area contributed by atoms with Gasteiger partial charge in [0.25, 0.3) is 5.91 Å². The van der Waals surface area contributed by atoms with Crippen LogP contribution < -0.4 is 10.2 Å². The third kappa shape index (κ3) is 5.16. The normalized spacial score (nSPS) is 18.1. The van der Waals surface area contributed by atoms with Crippen LogP contribution in [0.25, 0.3) is 5.69 Å². The Balaban J connectivity index is 1.53. The molecule has 1 fully saturated rings. The van der Waals surface area contributed by atoms with Gasteiger partial charge in [0.05, 0.1) is 44.5 Å². The minimum absolute atomic E-state index is 0.155. The maximum Gasteiger partial charge on any atom is 0.272 e. The summed E-state index contributed by atoms with van der Waals surface area (Å²) in [4.78, 5) is 35.2. The lowest BCUT2D eigenvalue weighted by molar-refractivity contribution is -0.117. The second kappa shape index (κ2) is 11.2. The van der Waals surface area contributed by atoms with Crippen LogP contribution in [0.3, 0.4) is 0 Å². The number of hydrogen-bond acceptors (Lipinski definition) is 8. The monoisotopic (exact) mass is 500 g/mol. The number of aliphatic imine (C=N–C) groups is 1. The summed E-state index contributed by atoms with van der Waals surface area (Å²) in [6.45, 7) is 2.26. The van der Waals surface area contributed by atoms with Crippen molar-refractivity contribution >= 4 is 23.6 Å². The van der Waals surface area contributed by atoms with Gasteiger partial charge in [-0.25, -0.2) is 9.67 Å². The summed E-state index contributed by atoms with van der Waals surface area (Å²) < 4.78 is 12.9. The van der Waals surface area contributed by atoms with E-state index in [0.29, 0.717) is 43.3 Å². The second-order valence-corrected chi connectivity index (χ2v) is 8.47. The van der Waals surface area contributed by atoms with Gasteiger partial charge in [0, 0.05) is 31.0 Å². The topological polar surface area (TPSA) is 101 Å². The van der Waals surface area contributed by atoms with Gasteiger partial charge in [0.2, 0.25) is 0 Å². The average molecular weight is 501 g/mol. The summed E-state index contributed by atoms with van der Waals surface area (Å²) in [5, 5.41) is 7.20. The Bertz CT molecular complexity index is 1300. The first-order chi connectivity index (χ1) is 18.2. The van der Waals surface area contributed by atoms with Gasteiger partial charge in [-0.2, -0.15) is 5.10 Å². The van der Waals surface area contributed by atoms with E-state index in [1.54, 1.807) is 41.4 Å². The number of aromatic nitrogens is 2. The largest absolute Gasteiger partial charge is 0.493 e. The van der Waals surface area contributed by atoms with E-state index >= 15 is 0 Å². The molecule has 0 saturated carbocycles. The summed E-state index contributed by atoms with van der Waals surface area (Å²) >= 11 is 0. The van der Waals surface area contributed by atoms with Crippen LogP contribution in [-0.4, -0.2) is 78.8 Å². The van der Waals surface area contributed by atoms with Crippen LogP contribution in [0.5, 0.6) is 0 Å². The van der Waals surface area contributed by atoms with Crippen LogP contribution >= 0.6 is 0 Å². The molecule has 1 amide bonds. The van der Waals surface area contributed by atoms with Crippen molar-refractivity contribution in [3.63, 3.8) is 0 Å². The first-order valence-corrected chi connectivity index (χ1v) is 12.1. The first kappa shape index (κ1) is 24.4. The van der Waals surface area contributed by atoms with Gasteiger partial charge < -0.3 is 14.8 Å². The number of methoxy groups -OCH3 is 1. The number of nitrogens with zero attached hydrogens (tertiary/aromatic N) is 5. The first-order valence-electron chi connectivity index (χ1n) is 12.1. The number of nitrogens with one attached hydrogen (secondary N) is 1. The Morgan fingerprint density at radius 1 is 1.03 bits per heavy atom. The molecule has 1 unspecified atom stereocenters. The molecule has 1 saturated heterocycles. The highest BCUT2D eigenvalue weighted by molar-refractivity contribution is 6.06. The number of para-hydroxylation sites is 2. The minimum atomic E-state index is -0.523. The van der Waals surface area contributed by atoms with Crippen LogP contribution in [0, 0.1) is 0 Å². The third-order valence-corrected chi connectivity index (χ3v) is 6.24. The minimum Gasteiger partial charge on any atom is -0.493 e. The Morgan fingerprint density at radius 3 is 2.46 bits per heavy atom. The molecule has 2 aromatic carbocycles. The number of ether oxygens (including phenoxy) is 2. The van der Waals surface area contributed by atoms with Crippen molar-refractivity contribution in [3.05, 3.63) is 90.1 Å². The predicted molar refractivity (Wildman–Crippen MR) is 139 cm³/mol. The molecule has 1 atom stereocenters. The lowest BCUT2D eigenvalue weighted by Crippen LogP contribution is -2.55. The SMILES string of the molecule is COC1=C(C(=O)NCC(=O)c2ccccc2)N(c2ccccc2-n2cccn2)C(N2CCOCC2)N=C1. The van der Waals surface area contributed by atoms with E-state index in [9.17, 15) is 9.59 Å². The number of rotatable bonds is 8. The molecule has 37 heavy (non-hydrogen) atoms. The number of allylic oxidation sites excluding steroid dienone is 1. The van der Waals surface area contributed by atoms with E-state index in [4.69, 9.17) is 14.5 Å². The molecular weight excluding hydrogens is 472 g/mol. The maximum absolute atomic E-state index is 13.7. The Kier molecular flexibility index (Phi) is 7.38. The zero-order valence-electron chi connectivity index (χ0n) is 20.5. The van der Waals surface area contributed by atoms with E-state index in [1.807, 2.05) is 47.5 Å². The molecular formula is C27H28N6O4. The van der Waals surface area contributed by atoms with Gasteiger partial charge in [0.15, 0.2) is 23.5 Å². The van der Waals surface area contributed by atoms with Gasteiger partial charge in [-0.3, -0.25) is 19.4 Å². The second-order valence-electron chi connectivity index (χ2n) is 8.47. The molecule has 3 heterocycles. The van der Waals surface area contributed by atoms with Crippen molar-refractivity contribution in [1.29, 1.82) is 0 Å². The molecule has 0 bridgehead atoms. The third-order valence-electron chi connectivity index (χ3n) is 6.24. The molecule has 10 heteroatoms. The fourth-order valence-corrected chi connectivity index (χ4v) is 4.42. The Morgan fingerprint density at radius 2 is 1.76 bits per heavy atom. The van der Waals surface area contributed by atoms with Crippen molar-refractivity contribution in [2.75, 3.05) is 44.9 Å². The van der Waals surface area contributed by atoms with E-state index < -0.39 is 12.2 Å². The highest BCUT2D eigenvalue weighted by Gasteiger charge is 2.38. The number of hydrogen-bond donors (Lipinski definition) is 1. The van der Waals surface area contributed by atoms with Crippen LogP contribution in [0.2, 0.25) is 0 Å². The smallest absolute Gasteiger partial charge is 0.272 e. The quantitative estimate of drug-likeness (QED) is 0.474. The molecule has 5 rings (SSSR count). The number of benzene rings is 2. The molecule has 2 aliphatic heterocycles. The molecule has 190 valence electrons. The van der Waals surface area contributed by atoms with Gasteiger partial charge in [-0.05, 0) is 18.2 Å².